The predicted molar refractivity (Wildman–Crippen MR) is 105 cm³/mol. The smallest absolute Gasteiger partial charge is 0.252 e. The summed E-state index contributed by atoms with van der Waals surface area (Å²) >= 11 is 2.82. The third-order valence-electron chi connectivity index (χ3n) is 3.75. The lowest BCUT2D eigenvalue weighted by Gasteiger charge is -2.20. The number of thiazole rings is 1. The Labute approximate surface area is 158 Å². The summed E-state index contributed by atoms with van der Waals surface area (Å²) in [4.78, 5) is 5.28. The molecule has 0 saturated heterocycles. The van der Waals surface area contributed by atoms with Crippen LogP contribution < -0.4 is 5.73 Å². The minimum absolute atomic E-state index is 0. The van der Waals surface area contributed by atoms with Crippen LogP contribution in [0.25, 0.3) is 10.6 Å². The van der Waals surface area contributed by atoms with Gasteiger partial charge >= 0.3 is 0 Å². The van der Waals surface area contributed by atoms with Crippen molar-refractivity contribution in [1.82, 2.24) is 9.29 Å². The molecule has 0 aliphatic heterocycles. The van der Waals surface area contributed by atoms with Gasteiger partial charge in [-0.25, -0.2) is 17.7 Å². The number of hydrogen-bond donors (Lipinski definition) is 1. The van der Waals surface area contributed by atoms with Gasteiger partial charge in [0, 0.05) is 25.0 Å². The molecule has 2 N–H and O–H groups in total. The number of aromatic nitrogens is 1. The van der Waals surface area contributed by atoms with Gasteiger partial charge in [-0.3, -0.25) is 0 Å². The lowest BCUT2D eigenvalue weighted by Crippen LogP contribution is -2.34. The highest BCUT2D eigenvalue weighted by atomic mass is 35.5. The number of rotatable bonds is 7. The van der Waals surface area contributed by atoms with Crippen LogP contribution in [0, 0.1) is 12.8 Å². The summed E-state index contributed by atoms with van der Waals surface area (Å²) in [7, 11) is -1.86. The van der Waals surface area contributed by atoms with Crippen molar-refractivity contribution < 1.29 is 8.42 Å². The molecule has 5 nitrogen and oxygen atoms in total. The van der Waals surface area contributed by atoms with Crippen molar-refractivity contribution >= 4 is 45.1 Å². The van der Waals surface area contributed by atoms with E-state index < -0.39 is 10.0 Å². The largest absolute Gasteiger partial charge is 0.327 e. The van der Waals surface area contributed by atoms with Gasteiger partial charge in [0.15, 0.2) is 0 Å². The fourth-order valence-corrected chi connectivity index (χ4v) is 5.36. The van der Waals surface area contributed by atoms with Crippen molar-refractivity contribution in [1.29, 1.82) is 0 Å². The van der Waals surface area contributed by atoms with Crippen molar-refractivity contribution in [3.05, 3.63) is 22.5 Å². The molecule has 2 heterocycles. The van der Waals surface area contributed by atoms with Crippen LogP contribution in [0.2, 0.25) is 0 Å². The van der Waals surface area contributed by atoms with Crippen molar-refractivity contribution in [2.75, 3.05) is 13.6 Å². The molecule has 1 atom stereocenters. The summed E-state index contributed by atoms with van der Waals surface area (Å²) in [5.41, 5.74) is 6.84. The number of thiophene rings is 1. The van der Waals surface area contributed by atoms with Gasteiger partial charge < -0.3 is 5.73 Å². The summed E-state index contributed by atoms with van der Waals surface area (Å²) in [6.07, 6.45) is 0.650. The van der Waals surface area contributed by atoms with Gasteiger partial charge in [0.05, 0.1) is 15.6 Å². The Bertz CT molecular complexity index is 756. The zero-order valence-electron chi connectivity index (χ0n) is 14.2. The topological polar surface area (TPSA) is 76.3 Å². The summed E-state index contributed by atoms with van der Waals surface area (Å²) < 4.78 is 27.0. The molecule has 0 radical (unpaired) electrons. The lowest BCUT2D eigenvalue weighted by atomic mass is 10.0. The van der Waals surface area contributed by atoms with Crippen LogP contribution in [0.3, 0.4) is 0 Å². The minimum Gasteiger partial charge on any atom is -0.327 e. The predicted octanol–water partition coefficient (Wildman–Crippen LogP) is 3.60. The van der Waals surface area contributed by atoms with Crippen LogP contribution in [0.1, 0.15) is 25.3 Å². The van der Waals surface area contributed by atoms with E-state index in [0.717, 1.165) is 15.6 Å². The summed E-state index contributed by atoms with van der Waals surface area (Å²) in [5, 5.41) is 2.92. The first-order chi connectivity index (χ1) is 10.7. The molecule has 24 heavy (non-hydrogen) atoms. The van der Waals surface area contributed by atoms with Crippen molar-refractivity contribution in [2.45, 2.75) is 37.4 Å². The lowest BCUT2D eigenvalue weighted by molar-refractivity contribution is 0.398. The van der Waals surface area contributed by atoms with Gasteiger partial charge in [0.2, 0.25) is 0 Å². The average Bonchev–Trinajstić information content (AvgIpc) is 3.12. The second-order valence-corrected chi connectivity index (χ2v) is 10.3. The first kappa shape index (κ1) is 21.5. The molecular formula is C15H24ClN3O2S3. The Morgan fingerprint density at radius 1 is 1.33 bits per heavy atom. The maximum atomic E-state index is 12.6. The quantitative estimate of drug-likeness (QED) is 0.757. The van der Waals surface area contributed by atoms with Crippen molar-refractivity contribution in [3.8, 4) is 10.6 Å². The van der Waals surface area contributed by atoms with Gasteiger partial charge in [-0.05, 0) is 31.4 Å². The van der Waals surface area contributed by atoms with E-state index in [1.165, 1.54) is 15.6 Å². The molecular weight excluding hydrogens is 386 g/mol. The van der Waals surface area contributed by atoms with E-state index in [1.54, 1.807) is 24.5 Å². The molecule has 0 spiro atoms. The summed E-state index contributed by atoms with van der Waals surface area (Å²) in [5.74, 6) is 0.340. The standard InChI is InChI=1S/C15H23N3O2S3.ClH/c1-10(2)12(16)7-8-18(4)23(19,20)15-6-5-14(22-15)13-9-21-11(3)17-13;/h5-6,9-10,12H,7-8,16H2,1-4H3;1H. The first-order valence-corrected chi connectivity index (χ1v) is 10.6. The number of sulfonamides is 1. The highest BCUT2D eigenvalue weighted by Gasteiger charge is 2.24. The molecule has 0 aliphatic carbocycles. The second-order valence-electron chi connectivity index (χ2n) is 5.89. The molecule has 2 aromatic heterocycles. The Morgan fingerprint density at radius 2 is 2.00 bits per heavy atom. The number of halogens is 1. The van der Waals surface area contributed by atoms with Gasteiger partial charge in [0.1, 0.15) is 4.21 Å². The maximum absolute atomic E-state index is 12.6. The molecule has 2 aromatic rings. The van der Waals surface area contributed by atoms with Crippen molar-refractivity contribution in [3.63, 3.8) is 0 Å². The molecule has 9 heteroatoms. The van der Waals surface area contributed by atoms with Gasteiger partial charge in [-0.15, -0.1) is 35.1 Å². The van der Waals surface area contributed by atoms with Crippen molar-refractivity contribution in [2.24, 2.45) is 11.7 Å². The van der Waals surface area contributed by atoms with E-state index in [-0.39, 0.29) is 18.4 Å². The second kappa shape index (κ2) is 8.73. The van der Waals surface area contributed by atoms with E-state index in [9.17, 15) is 8.42 Å². The molecule has 0 amide bonds. The molecule has 0 fully saturated rings. The summed E-state index contributed by atoms with van der Waals surface area (Å²) in [6.45, 7) is 6.44. The zero-order valence-corrected chi connectivity index (χ0v) is 17.5. The van der Waals surface area contributed by atoms with Gasteiger partial charge in [0.25, 0.3) is 10.0 Å². The van der Waals surface area contributed by atoms with Crippen LogP contribution in [-0.4, -0.2) is 37.3 Å². The number of nitrogens with zero attached hydrogens (tertiary/aromatic N) is 2. The van der Waals surface area contributed by atoms with Crippen LogP contribution in [0.15, 0.2) is 21.7 Å². The Hall–Kier alpha value is -0.510. The van der Waals surface area contributed by atoms with Gasteiger partial charge in [-0.1, -0.05) is 13.8 Å². The number of aryl methyl sites for hydroxylation is 1. The Balaban J connectivity index is 0.00000288. The third kappa shape index (κ3) is 5.00. The molecule has 1 unspecified atom stereocenters. The Morgan fingerprint density at radius 3 is 2.54 bits per heavy atom. The SMILES string of the molecule is Cc1nc(-c2ccc(S(=O)(=O)N(C)CCC(N)C(C)C)s2)cs1.Cl. The van der Waals surface area contributed by atoms with Crippen LogP contribution >= 0.6 is 35.1 Å². The minimum atomic E-state index is -3.47. The maximum Gasteiger partial charge on any atom is 0.252 e. The molecule has 136 valence electrons. The fraction of sp³-hybridized carbons (Fsp3) is 0.533. The highest BCUT2D eigenvalue weighted by molar-refractivity contribution is 7.91. The van der Waals surface area contributed by atoms with Gasteiger partial charge in [-0.2, -0.15) is 0 Å². The summed E-state index contributed by atoms with van der Waals surface area (Å²) in [6, 6.07) is 3.48. The third-order valence-corrected chi connectivity index (χ3v) is 7.96. The molecule has 0 aromatic carbocycles. The van der Waals surface area contributed by atoms with E-state index in [4.69, 9.17) is 5.73 Å². The number of nitrogens with two attached hydrogens (primary N) is 1. The monoisotopic (exact) mass is 409 g/mol. The normalized spacial score (nSPS) is 13.3. The molecule has 0 aliphatic rings. The fourth-order valence-electron chi connectivity index (χ4n) is 2.01. The van der Waals surface area contributed by atoms with Crippen LogP contribution in [0.5, 0.6) is 0 Å². The van der Waals surface area contributed by atoms with Crippen LogP contribution in [-0.2, 0) is 10.0 Å². The Kier molecular flexibility index (Phi) is 7.83. The first-order valence-electron chi connectivity index (χ1n) is 7.46. The zero-order chi connectivity index (χ0) is 17.2. The van der Waals surface area contributed by atoms with Crippen LogP contribution in [0.4, 0.5) is 0 Å². The number of hydrogen-bond acceptors (Lipinski definition) is 6. The van der Waals surface area contributed by atoms with E-state index in [2.05, 4.69) is 4.98 Å². The van der Waals surface area contributed by atoms with E-state index in [0.29, 0.717) is 23.1 Å². The molecule has 0 saturated carbocycles. The van der Waals surface area contributed by atoms with E-state index in [1.807, 2.05) is 32.2 Å². The molecule has 0 bridgehead atoms. The highest BCUT2D eigenvalue weighted by Crippen LogP contribution is 2.32. The van der Waals surface area contributed by atoms with E-state index >= 15 is 0 Å². The molecule has 2 rings (SSSR count). The average molecular weight is 410 g/mol.